The Balaban J connectivity index is 2.06. The fraction of sp³-hybridized carbons (Fsp3) is 0.400. The summed E-state index contributed by atoms with van der Waals surface area (Å²) in [6.07, 6.45) is 4.49. The van der Waals surface area contributed by atoms with E-state index in [1.807, 2.05) is 38.1 Å². The third-order valence-corrected chi connectivity index (χ3v) is 5.63. The van der Waals surface area contributed by atoms with Crippen LogP contribution < -0.4 is 5.32 Å². The molecule has 0 saturated heterocycles. The van der Waals surface area contributed by atoms with Crippen LogP contribution >= 0.6 is 0 Å². The first-order valence-corrected chi connectivity index (χ1v) is 11.0. The maximum Gasteiger partial charge on any atom is 0.225 e. The second kappa shape index (κ2) is 9.62. The summed E-state index contributed by atoms with van der Waals surface area (Å²) in [5.74, 6) is -0.194. The van der Waals surface area contributed by atoms with Crippen molar-refractivity contribution in [2.45, 2.75) is 39.7 Å². The number of aryl methyl sites for hydroxylation is 2. The van der Waals surface area contributed by atoms with E-state index in [0.717, 1.165) is 35.9 Å². The second-order valence-corrected chi connectivity index (χ2v) is 8.36. The molecule has 1 aromatic carbocycles. The number of aromatic nitrogens is 1. The number of amides is 1. The molecule has 1 N–H and O–H groups in total. The van der Waals surface area contributed by atoms with Gasteiger partial charge in [0.15, 0.2) is 0 Å². The molecular weight excluding hydrogens is 362 g/mol. The molecule has 0 radical (unpaired) electrons. The number of hydrogen-bond donors (Lipinski definition) is 1. The number of benzene rings is 1. The highest BCUT2D eigenvalue weighted by Gasteiger charge is 2.19. The Morgan fingerprint density at radius 1 is 1.07 bits per heavy atom. The molecule has 2 rings (SSSR count). The summed E-state index contributed by atoms with van der Waals surface area (Å²) in [5.41, 5.74) is 3.66. The molecule has 6 nitrogen and oxygen atoms in total. The van der Waals surface area contributed by atoms with E-state index in [9.17, 15) is 13.2 Å². The fourth-order valence-electron chi connectivity index (χ4n) is 2.87. The van der Waals surface area contributed by atoms with Crippen LogP contribution in [0, 0.1) is 0 Å². The molecule has 0 unspecified atom stereocenters. The average molecular weight is 390 g/mol. The molecule has 0 aliphatic heterocycles. The van der Waals surface area contributed by atoms with E-state index < -0.39 is 10.0 Å². The first-order valence-electron chi connectivity index (χ1n) is 9.10. The molecule has 0 fully saturated rings. The minimum Gasteiger partial charge on any atom is -0.326 e. The molecule has 27 heavy (non-hydrogen) atoms. The Kier molecular flexibility index (Phi) is 7.50. The van der Waals surface area contributed by atoms with Gasteiger partial charge in [0.05, 0.1) is 18.5 Å². The van der Waals surface area contributed by atoms with Crippen molar-refractivity contribution in [3.63, 3.8) is 0 Å². The summed E-state index contributed by atoms with van der Waals surface area (Å²) in [6, 6.07) is 11.3. The van der Waals surface area contributed by atoms with Gasteiger partial charge < -0.3 is 5.32 Å². The Hall–Kier alpha value is -2.25. The predicted molar refractivity (Wildman–Crippen MR) is 108 cm³/mol. The third kappa shape index (κ3) is 6.15. The van der Waals surface area contributed by atoms with Crippen LogP contribution in [0.25, 0.3) is 0 Å². The van der Waals surface area contributed by atoms with Crippen LogP contribution in [0.15, 0.2) is 42.6 Å². The van der Waals surface area contributed by atoms with Gasteiger partial charge in [-0.25, -0.2) is 8.42 Å². The van der Waals surface area contributed by atoms with Crippen LogP contribution in [0.3, 0.4) is 0 Å². The molecule has 1 amide bonds. The zero-order valence-electron chi connectivity index (χ0n) is 16.1. The maximum atomic E-state index is 12.5. The number of rotatable bonds is 9. The van der Waals surface area contributed by atoms with Gasteiger partial charge >= 0.3 is 0 Å². The molecule has 0 saturated carbocycles. The number of anilines is 1. The molecule has 0 aliphatic rings. The van der Waals surface area contributed by atoms with Crippen molar-refractivity contribution in [3.05, 3.63) is 59.4 Å². The van der Waals surface area contributed by atoms with E-state index in [-0.39, 0.29) is 25.4 Å². The minimum absolute atomic E-state index is 0.0844. The van der Waals surface area contributed by atoms with Gasteiger partial charge in [-0.2, -0.15) is 4.31 Å². The molecule has 1 heterocycles. The lowest BCUT2D eigenvalue weighted by Crippen LogP contribution is -2.33. The van der Waals surface area contributed by atoms with Crippen molar-refractivity contribution in [2.75, 3.05) is 18.1 Å². The van der Waals surface area contributed by atoms with Gasteiger partial charge in [0.1, 0.15) is 0 Å². The van der Waals surface area contributed by atoms with Crippen molar-refractivity contribution in [2.24, 2.45) is 0 Å². The number of carbonyl (C=O) groups is 1. The molecule has 0 spiro atoms. The molecule has 1 aromatic heterocycles. The van der Waals surface area contributed by atoms with Crippen LogP contribution in [-0.4, -0.2) is 36.4 Å². The number of hydrogen-bond acceptors (Lipinski definition) is 4. The van der Waals surface area contributed by atoms with Crippen LogP contribution in [0.2, 0.25) is 0 Å². The lowest BCUT2D eigenvalue weighted by atomic mass is 10.0. The van der Waals surface area contributed by atoms with Gasteiger partial charge in [-0.15, -0.1) is 0 Å². The van der Waals surface area contributed by atoms with Crippen molar-refractivity contribution in [1.29, 1.82) is 0 Å². The summed E-state index contributed by atoms with van der Waals surface area (Å²) >= 11 is 0. The number of nitrogens with one attached hydrogen (secondary N) is 1. The normalized spacial score (nSPS) is 11.6. The van der Waals surface area contributed by atoms with Crippen LogP contribution in [0.1, 0.15) is 37.1 Å². The Labute approximate surface area is 161 Å². The molecule has 7 heteroatoms. The summed E-state index contributed by atoms with van der Waals surface area (Å²) in [7, 11) is -3.44. The first kappa shape index (κ1) is 21.1. The van der Waals surface area contributed by atoms with Gasteiger partial charge in [-0.05, 0) is 36.1 Å². The molecule has 0 bridgehead atoms. The maximum absolute atomic E-state index is 12.5. The van der Waals surface area contributed by atoms with Gasteiger partial charge in [0.2, 0.25) is 15.9 Å². The zero-order valence-corrected chi connectivity index (χ0v) is 16.9. The zero-order chi connectivity index (χ0) is 19.9. The quantitative estimate of drug-likeness (QED) is 0.715. The van der Waals surface area contributed by atoms with E-state index in [1.165, 1.54) is 4.31 Å². The van der Waals surface area contributed by atoms with Crippen LogP contribution in [0.4, 0.5) is 5.69 Å². The minimum atomic E-state index is -3.44. The van der Waals surface area contributed by atoms with Crippen molar-refractivity contribution < 1.29 is 13.2 Å². The number of pyridine rings is 1. The van der Waals surface area contributed by atoms with E-state index in [4.69, 9.17) is 0 Å². The van der Waals surface area contributed by atoms with E-state index in [1.54, 1.807) is 18.3 Å². The highest BCUT2D eigenvalue weighted by Crippen LogP contribution is 2.22. The molecule has 0 aliphatic carbocycles. The number of para-hydroxylation sites is 1. The van der Waals surface area contributed by atoms with Gasteiger partial charge in [-0.3, -0.25) is 9.78 Å². The van der Waals surface area contributed by atoms with Gasteiger partial charge in [-0.1, -0.05) is 38.1 Å². The van der Waals surface area contributed by atoms with Crippen molar-refractivity contribution in [1.82, 2.24) is 9.29 Å². The highest BCUT2D eigenvalue weighted by molar-refractivity contribution is 7.88. The fourth-order valence-corrected chi connectivity index (χ4v) is 3.66. The van der Waals surface area contributed by atoms with E-state index in [0.29, 0.717) is 5.69 Å². The number of nitrogens with zero attached hydrogens (tertiary/aromatic N) is 2. The number of sulfonamides is 1. The summed E-state index contributed by atoms with van der Waals surface area (Å²) in [5, 5.41) is 2.98. The Bertz CT molecular complexity index is 845. The monoisotopic (exact) mass is 389 g/mol. The Morgan fingerprint density at radius 3 is 2.26 bits per heavy atom. The second-order valence-electron chi connectivity index (χ2n) is 6.37. The predicted octanol–water partition coefficient (Wildman–Crippen LogP) is 3.00. The topological polar surface area (TPSA) is 79.4 Å². The third-order valence-electron chi connectivity index (χ3n) is 4.39. The molecule has 146 valence electrons. The van der Waals surface area contributed by atoms with Crippen LogP contribution in [-0.2, 0) is 34.2 Å². The van der Waals surface area contributed by atoms with E-state index in [2.05, 4.69) is 10.3 Å². The van der Waals surface area contributed by atoms with Gasteiger partial charge in [0, 0.05) is 24.8 Å². The standard InChI is InChI=1S/C20H27N3O3S/c1-4-16-9-8-10-17(5-2)20(16)22-19(24)12-14-23(27(3,25)26)15-18-11-6-7-13-21-18/h6-11,13H,4-5,12,14-15H2,1-3H3,(H,22,24). The Morgan fingerprint density at radius 2 is 1.74 bits per heavy atom. The van der Waals surface area contributed by atoms with Gasteiger partial charge in [0.25, 0.3) is 0 Å². The largest absolute Gasteiger partial charge is 0.326 e. The molecule has 2 aromatic rings. The number of carbonyl (C=O) groups excluding carboxylic acids is 1. The van der Waals surface area contributed by atoms with E-state index >= 15 is 0 Å². The smallest absolute Gasteiger partial charge is 0.225 e. The molecular formula is C20H27N3O3S. The SMILES string of the molecule is CCc1cccc(CC)c1NC(=O)CCN(Cc1ccccn1)S(C)(=O)=O. The van der Waals surface area contributed by atoms with Crippen molar-refractivity contribution in [3.8, 4) is 0 Å². The lowest BCUT2D eigenvalue weighted by Gasteiger charge is -2.20. The lowest BCUT2D eigenvalue weighted by molar-refractivity contribution is -0.116. The summed E-state index contributed by atoms with van der Waals surface area (Å²) in [4.78, 5) is 16.6. The average Bonchev–Trinajstić information content (AvgIpc) is 2.65. The summed E-state index contributed by atoms with van der Waals surface area (Å²) < 4.78 is 25.4. The summed E-state index contributed by atoms with van der Waals surface area (Å²) in [6.45, 7) is 4.35. The van der Waals surface area contributed by atoms with Crippen molar-refractivity contribution >= 4 is 21.6 Å². The van der Waals surface area contributed by atoms with Crippen LogP contribution in [0.5, 0.6) is 0 Å². The first-order chi connectivity index (χ1) is 12.8. The molecule has 0 atom stereocenters. The highest BCUT2D eigenvalue weighted by atomic mass is 32.2.